The summed E-state index contributed by atoms with van der Waals surface area (Å²) in [4.78, 5) is 19.3. The van der Waals surface area contributed by atoms with Crippen molar-refractivity contribution in [2.45, 2.75) is 69.4 Å². The molecule has 2 saturated carbocycles. The monoisotopic (exact) mass is 361 g/mol. The summed E-state index contributed by atoms with van der Waals surface area (Å²) in [7, 11) is 2.11. The number of likely N-dealkylation sites (N-methyl/N-ethyl adjacent to an activating group) is 1. The summed E-state index contributed by atoms with van der Waals surface area (Å²) in [6.07, 6.45) is 8.57. The van der Waals surface area contributed by atoms with Crippen molar-refractivity contribution in [3.8, 4) is 0 Å². The van der Waals surface area contributed by atoms with E-state index in [0.29, 0.717) is 12.0 Å². The molecular formula is C19H31N5O2. The summed E-state index contributed by atoms with van der Waals surface area (Å²) in [6.45, 7) is 2.88. The fraction of sp³-hybridized carbons (Fsp3) is 0.842. The summed E-state index contributed by atoms with van der Waals surface area (Å²) in [5.41, 5.74) is 0. The predicted octanol–water partition coefficient (Wildman–Crippen LogP) is 1.98. The number of amides is 1. The first-order valence-electron chi connectivity index (χ1n) is 10.3. The minimum atomic E-state index is 0.197. The van der Waals surface area contributed by atoms with E-state index in [0.717, 1.165) is 69.9 Å². The number of carbonyl (C=O) groups excluding carboxylic acids is 1. The lowest BCUT2D eigenvalue weighted by Crippen LogP contribution is -2.44. The standard InChI is InChI=1S/C19H31N5O2/c1-24-11-10-20-12-16(24)17-22-19(26-23-17)14-6-8-15(9-7-14)21-18(25)13-4-2-3-5-13/h13-16,20H,2-12H2,1H3,(H,21,25). The fourth-order valence-electron chi connectivity index (χ4n) is 4.63. The molecule has 0 spiro atoms. The van der Waals surface area contributed by atoms with Gasteiger partial charge in [0.05, 0.1) is 6.04 Å². The zero-order chi connectivity index (χ0) is 17.9. The zero-order valence-corrected chi connectivity index (χ0v) is 15.7. The Kier molecular flexibility index (Phi) is 5.55. The first-order valence-corrected chi connectivity index (χ1v) is 10.3. The van der Waals surface area contributed by atoms with Gasteiger partial charge in [-0.2, -0.15) is 4.98 Å². The van der Waals surface area contributed by atoms with Crippen LogP contribution in [0.15, 0.2) is 4.52 Å². The van der Waals surface area contributed by atoms with Crippen LogP contribution in [0.1, 0.15) is 75.0 Å². The third-order valence-electron chi connectivity index (χ3n) is 6.42. The Bertz CT molecular complexity index is 605. The summed E-state index contributed by atoms with van der Waals surface area (Å²) < 4.78 is 5.60. The molecule has 2 N–H and O–H groups in total. The molecule has 3 fully saturated rings. The van der Waals surface area contributed by atoms with Gasteiger partial charge in [0.25, 0.3) is 0 Å². The molecule has 1 amide bonds. The Morgan fingerprint density at radius 1 is 1.19 bits per heavy atom. The maximum Gasteiger partial charge on any atom is 0.229 e. The molecule has 1 aliphatic heterocycles. The van der Waals surface area contributed by atoms with Crippen molar-refractivity contribution in [2.24, 2.45) is 5.92 Å². The third kappa shape index (κ3) is 3.93. The zero-order valence-electron chi connectivity index (χ0n) is 15.7. The fourth-order valence-corrected chi connectivity index (χ4v) is 4.63. The van der Waals surface area contributed by atoms with Gasteiger partial charge in [-0.15, -0.1) is 0 Å². The van der Waals surface area contributed by atoms with Crippen LogP contribution in [0.2, 0.25) is 0 Å². The Morgan fingerprint density at radius 2 is 1.96 bits per heavy atom. The highest BCUT2D eigenvalue weighted by atomic mass is 16.5. The molecule has 26 heavy (non-hydrogen) atoms. The number of hydrogen-bond donors (Lipinski definition) is 2. The lowest BCUT2D eigenvalue weighted by molar-refractivity contribution is -0.125. The van der Waals surface area contributed by atoms with Gasteiger partial charge < -0.3 is 15.2 Å². The molecule has 1 atom stereocenters. The number of rotatable bonds is 4. The lowest BCUT2D eigenvalue weighted by Gasteiger charge is -2.30. The molecule has 4 rings (SSSR count). The molecule has 1 aromatic rings. The van der Waals surface area contributed by atoms with E-state index in [-0.39, 0.29) is 17.9 Å². The van der Waals surface area contributed by atoms with Gasteiger partial charge in [0.2, 0.25) is 11.8 Å². The molecule has 3 aliphatic rings. The Labute approximate surface area is 155 Å². The molecule has 0 aromatic carbocycles. The van der Waals surface area contributed by atoms with Crippen molar-refractivity contribution in [3.05, 3.63) is 11.7 Å². The Balaban J connectivity index is 1.28. The van der Waals surface area contributed by atoms with Gasteiger partial charge >= 0.3 is 0 Å². The van der Waals surface area contributed by atoms with Crippen LogP contribution in [0, 0.1) is 5.92 Å². The van der Waals surface area contributed by atoms with Gasteiger partial charge in [-0.05, 0) is 45.6 Å². The van der Waals surface area contributed by atoms with E-state index in [4.69, 9.17) is 9.51 Å². The van der Waals surface area contributed by atoms with Gasteiger partial charge in [-0.1, -0.05) is 18.0 Å². The average Bonchev–Trinajstić information content (AvgIpc) is 3.35. The van der Waals surface area contributed by atoms with Crippen LogP contribution >= 0.6 is 0 Å². The first-order chi connectivity index (χ1) is 12.7. The molecule has 1 unspecified atom stereocenters. The van der Waals surface area contributed by atoms with E-state index in [9.17, 15) is 4.79 Å². The van der Waals surface area contributed by atoms with E-state index in [1.165, 1.54) is 12.8 Å². The highest BCUT2D eigenvalue weighted by Gasteiger charge is 2.31. The van der Waals surface area contributed by atoms with Gasteiger partial charge in [0, 0.05) is 37.5 Å². The molecule has 0 bridgehead atoms. The molecule has 2 aliphatic carbocycles. The average molecular weight is 361 g/mol. The molecule has 7 nitrogen and oxygen atoms in total. The Hall–Kier alpha value is -1.47. The first kappa shape index (κ1) is 17.9. The van der Waals surface area contributed by atoms with Crippen LogP contribution in [-0.4, -0.2) is 53.7 Å². The Morgan fingerprint density at radius 3 is 2.69 bits per heavy atom. The topological polar surface area (TPSA) is 83.3 Å². The quantitative estimate of drug-likeness (QED) is 0.853. The maximum atomic E-state index is 12.3. The van der Waals surface area contributed by atoms with E-state index in [2.05, 4.69) is 27.7 Å². The molecule has 1 saturated heterocycles. The van der Waals surface area contributed by atoms with Gasteiger partial charge in [-0.25, -0.2) is 0 Å². The molecule has 144 valence electrons. The van der Waals surface area contributed by atoms with Crippen molar-refractivity contribution >= 4 is 5.91 Å². The summed E-state index contributed by atoms with van der Waals surface area (Å²) in [5, 5.41) is 10.9. The van der Waals surface area contributed by atoms with Crippen LogP contribution in [0.4, 0.5) is 0 Å². The summed E-state index contributed by atoms with van der Waals surface area (Å²) >= 11 is 0. The second-order valence-electron chi connectivity index (χ2n) is 8.23. The van der Waals surface area contributed by atoms with E-state index < -0.39 is 0 Å². The molecule has 1 aromatic heterocycles. The molecule has 0 radical (unpaired) electrons. The minimum Gasteiger partial charge on any atom is -0.353 e. The minimum absolute atomic E-state index is 0.197. The van der Waals surface area contributed by atoms with Crippen LogP contribution in [0.25, 0.3) is 0 Å². The van der Waals surface area contributed by atoms with E-state index >= 15 is 0 Å². The van der Waals surface area contributed by atoms with Gasteiger partial charge in [0.1, 0.15) is 0 Å². The lowest BCUT2D eigenvalue weighted by atomic mass is 9.85. The largest absolute Gasteiger partial charge is 0.353 e. The number of hydrogen-bond acceptors (Lipinski definition) is 6. The number of nitrogens with zero attached hydrogens (tertiary/aromatic N) is 3. The van der Waals surface area contributed by atoms with Crippen molar-refractivity contribution in [1.29, 1.82) is 0 Å². The predicted molar refractivity (Wildman–Crippen MR) is 97.6 cm³/mol. The number of piperazine rings is 1. The highest BCUT2D eigenvalue weighted by Crippen LogP contribution is 2.33. The summed E-state index contributed by atoms with van der Waals surface area (Å²) in [5.74, 6) is 2.44. The highest BCUT2D eigenvalue weighted by molar-refractivity contribution is 5.79. The third-order valence-corrected chi connectivity index (χ3v) is 6.42. The maximum absolute atomic E-state index is 12.3. The summed E-state index contributed by atoms with van der Waals surface area (Å²) in [6, 6.07) is 0.513. The molecular weight excluding hydrogens is 330 g/mol. The number of carbonyl (C=O) groups is 1. The van der Waals surface area contributed by atoms with Gasteiger partial charge in [0.15, 0.2) is 5.82 Å². The van der Waals surface area contributed by atoms with Crippen molar-refractivity contribution in [2.75, 3.05) is 26.7 Å². The van der Waals surface area contributed by atoms with Crippen molar-refractivity contribution < 1.29 is 9.32 Å². The smallest absolute Gasteiger partial charge is 0.229 e. The molecule has 7 heteroatoms. The van der Waals surface area contributed by atoms with Crippen LogP contribution < -0.4 is 10.6 Å². The molecule has 2 heterocycles. The van der Waals surface area contributed by atoms with E-state index in [1.807, 2.05) is 0 Å². The van der Waals surface area contributed by atoms with Crippen LogP contribution in [0.5, 0.6) is 0 Å². The normalized spacial score (nSPS) is 31.2. The van der Waals surface area contributed by atoms with Crippen LogP contribution in [-0.2, 0) is 4.79 Å². The van der Waals surface area contributed by atoms with Gasteiger partial charge in [-0.3, -0.25) is 9.69 Å². The van der Waals surface area contributed by atoms with Crippen molar-refractivity contribution in [3.63, 3.8) is 0 Å². The second kappa shape index (κ2) is 8.05. The second-order valence-corrected chi connectivity index (χ2v) is 8.23. The SMILES string of the molecule is CN1CCNCC1c1noc(C2CCC(NC(=O)C3CCCC3)CC2)n1. The van der Waals surface area contributed by atoms with Crippen LogP contribution in [0.3, 0.4) is 0 Å². The number of nitrogens with one attached hydrogen (secondary N) is 2. The van der Waals surface area contributed by atoms with Crippen molar-refractivity contribution in [1.82, 2.24) is 25.7 Å². The van der Waals surface area contributed by atoms with E-state index in [1.54, 1.807) is 0 Å². The number of aromatic nitrogens is 2.